The van der Waals surface area contributed by atoms with Crippen LogP contribution >= 0.6 is 0 Å². The van der Waals surface area contributed by atoms with Gasteiger partial charge in [-0.15, -0.1) is 0 Å². The minimum absolute atomic E-state index is 0.322. The summed E-state index contributed by atoms with van der Waals surface area (Å²) in [6.07, 6.45) is -9.39. The van der Waals surface area contributed by atoms with Crippen molar-refractivity contribution in [1.29, 1.82) is 0 Å². The van der Waals surface area contributed by atoms with Crippen LogP contribution in [0, 0.1) is 0 Å². The van der Waals surface area contributed by atoms with E-state index in [9.17, 15) is 25.5 Å². The summed E-state index contributed by atoms with van der Waals surface area (Å²) in [5, 5.41) is 54.4. The largest absolute Gasteiger partial charge is 0.391 e. The van der Waals surface area contributed by atoms with Gasteiger partial charge in [0.05, 0.1) is 18.2 Å². The van der Waals surface area contributed by atoms with Crippen molar-refractivity contribution in [1.82, 2.24) is 5.32 Å². The van der Waals surface area contributed by atoms with Crippen LogP contribution in [0.3, 0.4) is 0 Å². The molecular weight excluding hydrogens is 394 g/mol. The predicted octanol–water partition coefficient (Wildman–Crippen LogP) is -2.86. The fraction of sp³-hybridized carbons (Fsp3) is 0.700. The third kappa shape index (κ3) is 5.00. The Morgan fingerprint density at radius 1 is 1.07 bits per heavy atom. The van der Waals surface area contributed by atoms with Crippen LogP contribution in [0.25, 0.3) is 0 Å². The maximum absolute atomic E-state index is 10.6. The predicted molar refractivity (Wildman–Crippen MR) is 107 cm³/mol. The van der Waals surface area contributed by atoms with Crippen LogP contribution in [0.15, 0.2) is 30.3 Å². The quantitative estimate of drug-likeness (QED) is 0.235. The highest BCUT2D eigenvalue weighted by Crippen LogP contribution is 2.28. The third-order valence-corrected chi connectivity index (χ3v) is 5.91. The van der Waals surface area contributed by atoms with Crippen molar-refractivity contribution in [3.05, 3.63) is 35.9 Å². The summed E-state index contributed by atoms with van der Waals surface area (Å²) in [5.74, 6) is 0. The van der Waals surface area contributed by atoms with Crippen molar-refractivity contribution < 1.29 is 35.0 Å². The van der Waals surface area contributed by atoms with E-state index in [0.29, 0.717) is 13.0 Å². The van der Waals surface area contributed by atoms with Gasteiger partial charge in [0.25, 0.3) is 0 Å². The second kappa shape index (κ2) is 9.96. The molecule has 3 rings (SSSR count). The van der Waals surface area contributed by atoms with Crippen molar-refractivity contribution in [3.63, 3.8) is 0 Å². The molecule has 10 N–H and O–H groups in total. The number of hydrogen-bond donors (Lipinski definition) is 8. The number of nitrogens with two attached hydrogens (primary N) is 2. The average Bonchev–Trinajstić information content (AvgIpc) is 2.73. The lowest BCUT2D eigenvalue weighted by Gasteiger charge is -2.47. The van der Waals surface area contributed by atoms with Crippen molar-refractivity contribution in [2.24, 2.45) is 11.5 Å². The third-order valence-electron chi connectivity index (χ3n) is 5.91. The van der Waals surface area contributed by atoms with Crippen LogP contribution in [-0.4, -0.2) is 92.7 Å². The zero-order chi connectivity index (χ0) is 22.0. The molecule has 30 heavy (non-hydrogen) atoms. The van der Waals surface area contributed by atoms with Gasteiger partial charge >= 0.3 is 0 Å². The van der Waals surface area contributed by atoms with E-state index in [2.05, 4.69) is 5.32 Å². The number of aliphatic hydroxyl groups is 5. The highest BCUT2D eigenvalue weighted by molar-refractivity contribution is 5.14. The van der Waals surface area contributed by atoms with Crippen molar-refractivity contribution in [2.45, 2.75) is 87.0 Å². The molecule has 170 valence electrons. The Morgan fingerprint density at radius 2 is 1.73 bits per heavy atom. The maximum Gasteiger partial charge on any atom is 0.176 e. The lowest BCUT2D eigenvalue weighted by Crippen LogP contribution is -2.68. The molecule has 1 saturated heterocycles. The van der Waals surface area contributed by atoms with E-state index >= 15 is 0 Å². The molecule has 2 aliphatic rings. The molecule has 1 heterocycles. The Balaban J connectivity index is 1.63. The number of aliphatic hydroxyl groups excluding tert-OH is 5. The van der Waals surface area contributed by atoms with E-state index < -0.39 is 67.1 Å². The van der Waals surface area contributed by atoms with E-state index in [4.69, 9.17) is 20.9 Å². The van der Waals surface area contributed by atoms with Gasteiger partial charge in [0.1, 0.15) is 30.5 Å². The Hall–Kier alpha value is -1.18. The summed E-state index contributed by atoms with van der Waals surface area (Å²) in [6.45, 7) is 1.91. The first kappa shape index (κ1) is 23.5. The van der Waals surface area contributed by atoms with Crippen molar-refractivity contribution in [2.75, 3.05) is 0 Å². The van der Waals surface area contributed by atoms with E-state index in [-0.39, 0.29) is 0 Å². The molecular formula is C20H33N3O7. The number of ether oxygens (including phenoxy) is 2. The van der Waals surface area contributed by atoms with E-state index in [1.165, 1.54) is 6.92 Å². The number of benzene rings is 1. The molecule has 1 aromatic rings. The smallest absolute Gasteiger partial charge is 0.176 e. The number of rotatable bonds is 6. The van der Waals surface area contributed by atoms with Crippen LogP contribution in [0.2, 0.25) is 0 Å². The molecule has 0 bridgehead atoms. The second-order valence-corrected chi connectivity index (χ2v) is 8.22. The minimum Gasteiger partial charge on any atom is -0.391 e. The molecule has 1 aliphatic heterocycles. The first-order chi connectivity index (χ1) is 14.2. The number of hydrogen-bond acceptors (Lipinski definition) is 10. The van der Waals surface area contributed by atoms with Crippen molar-refractivity contribution in [3.8, 4) is 0 Å². The van der Waals surface area contributed by atoms with Crippen LogP contribution in [0.4, 0.5) is 0 Å². The summed E-state index contributed by atoms with van der Waals surface area (Å²) in [6, 6.07) is 7.41. The molecule has 10 heteroatoms. The van der Waals surface area contributed by atoms with Crippen LogP contribution in [-0.2, 0) is 16.0 Å². The van der Waals surface area contributed by atoms with E-state index in [1.54, 1.807) is 0 Å². The highest BCUT2D eigenvalue weighted by atomic mass is 16.7. The first-order valence-electron chi connectivity index (χ1n) is 10.2. The van der Waals surface area contributed by atoms with Crippen LogP contribution in [0.5, 0.6) is 0 Å². The fourth-order valence-electron chi connectivity index (χ4n) is 4.07. The molecule has 1 aromatic carbocycles. The summed E-state index contributed by atoms with van der Waals surface area (Å²) in [5.41, 5.74) is 13.2. The maximum atomic E-state index is 10.6. The van der Waals surface area contributed by atoms with E-state index in [0.717, 1.165) is 5.56 Å². The topological polar surface area (TPSA) is 184 Å². The van der Waals surface area contributed by atoms with Crippen LogP contribution in [0.1, 0.15) is 18.9 Å². The van der Waals surface area contributed by atoms with Gasteiger partial charge in [-0.25, -0.2) is 0 Å². The Bertz CT molecular complexity index is 667. The van der Waals surface area contributed by atoms with Gasteiger partial charge in [0.15, 0.2) is 6.29 Å². The minimum atomic E-state index is -1.40. The first-order valence-corrected chi connectivity index (χ1v) is 10.2. The molecule has 0 amide bonds. The standard InChI is InChI=1S/C20H33N3O7/c1-9(24)18-17(28)15(26)13(22)20(29-18)30-19-11(21)7-12(14(25)16(19)27)23-8-10-5-3-2-4-6-10/h2-6,9,11-20,23-28H,7-8,21-22H2,1H3/t9-,11?,12-,13+,14-,15?,16?,17+,18?,19-,20-/m1/s1. The summed E-state index contributed by atoms with van der Waals surface area (Å²) < 4.78 is 11.3. The molecule has 1 saturated carbocycles. The highest BCUT2D eigenvalue weighted by Gasteiger charge is 2.49. The zero-order valence-electron chi connectivity index (χ0n) is 16.9. The fourth-order valence-corrected chi connectivity index (χ4v) is 4.07. The van der Waals surface area contributed by atoms with Gasteiger partial charge in [-0.2, -0.15) is 0 Å². The monoisotopic (exact) mass is 427 g/mol. The molecule has 11 atom stereocenters. The molecule has 1 aliphatic carbocycles. The molecule has 2 fully saturated rings. The van der Waals surface area contributed by atoms with E-state index in [1.807, 2.05) is 30.3 Å². The molecule has 4 unspecified atom stereocenters. The SMILES string of the molecule is C[C@@H](O)C1O[C@H](O[C@@H]2C(N)C[C@@H](NCc3ccccc3)[C@@H](O)C2O)[C@@H](N)C(O)[C@@H]1O. The van der Waals surface area contributed by atoms with Gasteiger partial charge in [0.2, 0.25) is 0 Å². The summed E-state index contributed by atoms with van der Waals surface area (Å²) in [4.78, 5) is 0. The van der Waals surface area contributed by atoms with Gasteiger partial charge in [-0.1, -0.05) is 30.3 Å². The zero-order valence-corrected chi connectivity index (χ0v) is 16.9. The Morgan fingerprint density at radius 3 is 2.37 bits per heavy atom. The lowest BCUT2D eigenvalue weighted by molar-refractivity contribution is -0.301. The summed E-state index contributed by atoms with van der Waals surface area (Å²) in [7, 11) is 0. The molecule has 0 aromatic heterocycles. The van der Waals surface area contributed by atoms with Gasteiger partial charge in [-0.05, 0) is 18.9 Å². The average molecular weight is 427 g/mol. The lowest BCUT2D eigenvalue weighted by atomic mass is 9.84. The van der Waals surface area contributed by atoms with Gasteiger partial charge < -0.3 is 51.8 Å². The molecule has 0 spiro atoms. The van der Waals surface area contributed by atoms with Gasteiger partial charge in [-0.3, -0.25) is 0 Å². The normalized spacial score (nSPS) is 43.3. The summed E-state index contributed by atoms with van der Waals surface area (Å²) >= 11 is 0. The number of nitrogens with one attached hydrogen (secondary N) is 1. The Kier molecular flexibility index (Phi) is 7.80. The molecule has 0 radical (unpaired) electrons. The van der Waals surface area contributed by atoms with Gasteiger partial charge in [0, 0.05) is 18.6 Å². The van der Waals surface area contributed by atoms with Crippen LogP contribution < -0.4 is 16.8 Å². The second-order valence-electron chi connectivity index (χ2n) is 8.22. The molecule has 10 nitrogen and oxygen atoms in total. The van der Waals surface area contributed by atoms with Crippen molar-refractivity contribution >= 4 is 0 Å². The Labute approximate surface area is 175 Å².